The van der Waals surface area contributed by atoms with Gasteiger partial charge in [0.25, 0.3) is 0 Å². The van der Waals surface area contributed by atoms with Gasteiger partial charge in [-0.3, -0.25) is 9.59 Å². The number of piperidine rings is 1. The molecule has 1 saturated heterocycles. The van der Waals surface area contributed by atoms with Crippen molar-refractivity contribution in [2.24, 2.45) is 5.92 Å². The Hall–Kier alpha value is -1.84. The molecule has 0 spiro atoms. The molecule has 1 amide bonds. The van der Waals surface area contributed by atoms with E-state index < -0.39 is 5.97 Å². The van der Waals surface area contributed by atoms with Crippen molar-refractivity contribution in [3.8, 4) is 0 Å². The summed E-state index contributed by atoms with van der Waals surface area (Å²) in [5.74, 6) is -0.376. The Morgan fingerprint density at radius 3 is 2.24 bits per heavy atom. The number of aliphatic carboxylic acids is 1. The molecule has 1 aromatic carbocycles. The molecule has 4 nitrogen and oxygen atoms in total. The number of amides is 1. The number of hydrogen-bond acceptors (Lipinski definition) is 2. The second-order valence-electron chi connectivity index (χ2n) is 5.77. The summed E-state index contributed by atoms with van der Waals surface area (Å²) in [6.07, 6.45) is 3.26. The summed E-state index contributed by atoms with van der Waals surface area (Å²) >= 11 is 0. The van der Waals surface area contributed by atoms with Crippen molar-refractivity contribution < 1.29 is 14.7 Å². The smallest absolute Gasteiger partial charge is 0.303 e. The highest BCUT2D eigenvalue weighted by Crippen LogP contribution is 2.21. The number of carboxylic acids is 1. The van der Waals surface area contributed by atoms with Gasteiger partial charge in [-0.2, -0.15) is 0 Å². The maximum atomic E-state index is 12.3. The molecule has 1 fully saturated rings. The van der Waals surface area contributed by atoms with E-state index in [2.05, 4.69) is 19.1 Å². The third kappa shape index (κ3) is 4.59. The molecule has 0 atom stereocenters. The van der Waals surface area contributed by atoms with Crippen LogP contribution in [0.25, 0.3) is 0 Å². The van der Waals surface area contributed by atoms with Crippen LogP contribution in [0.1, 0.15) is 37.3 Å². The van der Waals surface area contributed by atoms with Crippen LogP contribution in [0.15, 0.2) is 24.3 Å². The molecule has 21 heavy (non-hydrogen) atoms. The fourth-order valence-electron chi connectivity index (χ4n) is 2.81. The van der Waals surface area contributed by atoms with Gasteiger partial charge in [-0.25, -0.2) is 0 Å². The van der Waals surface area contributed by atoms with Crippen LogP contribution in [0.3, 0.4) is 0 Å². The van der Waals surface area contributed by atoms with Gasteiger partial charge in [0.05, 0.1) is 6.42 Å². The van der Waals surface area contributed by atoms with Crippen molar-refractivity contribution in [1.29, 1.82) is 0 Å². The molecule has 1 aromatic rings. The molecular weight excluding hydrogens is 266 g/mol. The van der Waals surface area contributed by atoms with E-state index in [9.17, 15) is 9.59 Å². The van der Waals surface area contributed by atoms with Crippen LogP contribution >= 0.6 is 0 Å². The molecule has 1 aliphatic heterocycles. The van der Waals surface area contributed by atoms with Crippen molar-refractivity contribution >= 4 is 11.9 Å². The zero-order chi connectivity index (χ0) is 15.2. The highest BCUT2D eigenvalue weighted by molar-refractivity contribution is 5.79. The molecule has 4 heteroatoms. The van der Waals surface area contributed by atoms with Gasteiger partial charge in [0.15, 0.2) is 0 Å². The third-order valence-corrected chi connectivity index (χ3v) is 4.22. The topological polar surface area (TPSA) is 57.6 Å². The van der Waals surface area contributed by atoms with E-state index in [1.54, 1.807) is 0 Å². The molecule has 0 unspecified atom stereocenters. The molecule has 0 bridgehead atoms. The minimum atomic E-state index is -0.740. The minimum absolute atomic E-state index is 0.146. The maximum absolute atomic E-state index is 12.3. The van der Waals surface area contributed by atoms with Gasteiger partial charge in [-0.15, -0.1) is 0 Å². The monoisotopic (exact) mass is 289 g/mol. The van der Waals surface area contributed by atoms with E-state index in [0.29, 0.717) is 19.5 Å². The fourth-order valence-corrected chi connectivity index (χ4v) is 2.81. The van der Waals surface area contributed by atoms with Crippen molar-refractivity contribution in [3.63, 3.8) is 0 Å². The van der Waals surface area contributed by atoms with E-state index in [1.807, 2.05) is 17.0 Å². The molecule has 1 N–H and O–H groups in total. The van der Waals surface area contributed by atoms with E-state index in [0.717, 1.165) is 24.8 Å². The molecule has 1 heterocycles. The van der Waals surface area contributed by atoms with Crippen LogP contribution in [-0.4, -0.2) is 35.0 Å². The average molecular weight is 289 g/mol. The summed E-state index contributed by atoms with van der Waals surface area (Å²) in [4.78, 5) is 24.8. The lowest BCUT2D eigenvalue weighted by Gasteiger charge is -2.31. The van der Waals surface area contributed by atoms with Crippen LogP contribution in [0.5, 0.6) is 0 Å². The number of likely N-dealkylation sites (tertiary alicyclic amines) is 1. The van der Waals surface area contributed by atoms with Gasteiger partial charge < -0.3 is 10.0 Å². The number of benzene rings is 1. The predicted octanol–water partition coefficient (Wildman–Crippen LogP) is 2.50. The first-order chi connectivity index (χ1) is 10.1. The number of aryl methyl sites for hydroxylation is 1. The van der Waals surface area contributed by atoms with Gasteiger partial charge in [0.1, 0.15) is 0 Å². The number of carboxylic acid groups (broad SMARTS) is 1. The standard InChI is InChI=1S/C17H23NO3/c1-2-13-3-5-14(6-4-13)11-16(19)18-9-7-15(8-10-18)12-17(20)21/h3-6,15H,2,7-12H2,1H3,(H,20,21). The molecule has 0 aliphatic carbocycles. The molecule has 114 valence electrons. The van der Waals surface area contributed by atoms with Gasteiger partial charge in [-0.05, 0) is 36.3 Å². The Kier molecular flexibility index (Phi) is 5.37. The SMILES string of the molecule is CCc1ccc(CC(=O)N2CCC(CC(=O)O)CC2)cc1. The summed E-state index contributed by atoms with van der Waals surface area (Å²) in [6.45, 7) is 3.48. The summed E-state index contributed by atoms with van der Waals surface area (Å²) in [6, 6.07) is 8.19. The van der Waals surface area contributed by atoms with E-state index in [1.165, 1.54) is 5.56 Å². The molecule has 0 radical (unpaired) electrons. The van der Waals surface area contributed by atoms with E-state index in [-0.39, 0.29) is 18.2 Å². The van der Waals surface area contributed by atoms with Crippen LogP contribution in [0.2, 0.25) is 0 Å². The highest BCUT2D eigenvalue weighted by Gasteiger charge is 2.24. The normalized spacial score (nSPS) is 16.0. The van der Waals surface area contributed by atoms with Crippen molar-refractivity contribution in [2.75, 3.05) is 13.1 Å². The van der Waals surface area contributed by atoms with Gasteiger partial charge in [0, 0.05) is 19.5 Å². The lowest BCUT2D eigenvalue weighted by atomic mass is 9.93. The number of rotatable bonds is 5. The highest BCUT2D eigenvalue weighted by atomic mass is 16.4. The zero-order valence-corrected chi connectivity index (χ0v) is 12.5. The average Bonchev–Trinajstić information content (AvgIpc) is 2.48. The first-order valence-electron chi connectivity index (χ1n) is 7.66. The van der Waals surface area contributed by atoms with Crippen LogP contribution < -0.4 is 0 Å². The minimum Gasteiger partial charge on any atom is -0.481 e. The maximum Gasteiger partial charge on any atom is 0.303 e. The first kappa shape index (κ1) is 15.5. The molecule has 2 rings (SSSR count). The quantitative estimate of drug-likeness (QED) is 0.906. The summed E-state index contributed by atoms with van der Waals surface area (Å²) < 4.78 is 0. The first-order valence-corrected chi connectivity index (χ1v) is 7.66. The van der Waals surface area contributed by atoms with Crippen molar-refractivity contribution in [2.45, 2.75) is 39.0 Å². The lowest BCUT2D eigenvalue weighted by Crippen LogP contribution is -2.39. The van der Waals surface area contributed by atoms with Crippen LogP contribution in [-0.2, 0) is 22.4 Å². The summed E-state index contributed by atoms with van der Waals surface area (Å²) in [5.41, 5.74) is 2.32. The van der Waals surface area contributed by atoms with E-state index in [4.69, 9.17) is 5.11 Å². The molecule has 0 saturated carbocycles. The number of hydrogen-bond donors (Lipinski definition) is 1. The van der Waals surface area contributed by atoms with Crippen molar-refractivity contribution in [1.82, 2.24) is 4.90 Å². The van der Waals surface area contributed by atoms with Gasteiger partial charge >= 0.3 is 5.97 Å². The third-order valence-electron chi connectivity index (χ3n) is 4.22. The van der Waals surface area contributed by atoms with E-state index >= 15 is 0 Å². The Bertz CT molecular complexity index is 487. The van der Waals surface area contributed by atoms with Crippen molar-refractivity contribution in [3.05, 3.63) is 35.4 Å². The molecule has 0 aromatic heterocycles. The summed E-state index contributed by atoms with van der Waals surface area (Å²) in [7, 11) is 0. The largest absolute Gasteiger partial charge is 0.481 e. The number of carbonyl (C=O) groups excluding carboxylic acids is 1. The molecular formula is C17H23NO3. The van der Waals surface area contributed by atoms with Gasteiger partial charge in [0.2, 0.25) is 5.91 Å². The predicted molar refractivity (Wildman–Crippen MR) is 81.1 cm³/mol. The Morgan fingerprint density at radius 1 is 1.14 bits per heavy atom. The van der Waals surface area contributed by atoms with Crippen LogP contribution in [0, 0.1) is 5.92 Å². The Morgan fingerprint density at radius 2 is 1.71 bits per heavy atom. The fraction of sp³-hybridized carbons (Fsp3) is 0.529. The Labute approximate surface area is 125 Å². The van der Waals surface area contributed by atoms with Gasteiger partial charge in [-0.1, -0.05) is 31.2 Å². The summed E-state index contributed by atoms with van der Waals surface area (Å²) in [5, 5.41) is 8.80. The van der Waals surface area contributed by atoms with Crippen LogP contribution in [0.4, 0.5) is 0 Å². The Balaban J connectivity index is 1.82. The number of carbonyl (C=O) groups is 2. The second-order valence-corrected chi connectivity index (χ2v) is 5.77. The number of nitrogens with zero attached hydrogens (tertiary/aromatic N) is 1. The molecule has 1 aliphatic rings. The second kappa shape index (κ2) is 7.25. The zero-order valence-electron chi connectivity index (χ0n) is 12.5. The lowest BCUT2D eigenvalue weighted by molar-refractivity contribution is -0.138.